The number of nitrogen functional groups attached to an aromatic ring is 1. The summed E-state index contributed by atoms with van der Waals surface area (Å²) in [7, 11) is -3.46. The second-order valence-electron chi connectivity index (χ2n) is 4.00. The number of sulfonamides is 1. The van der Waals surface area contributed by atoms with Crippen LogP contribution in [0.1, 0.15) is 12.5 Å². The number of benzene rings is 1. The van der Waals surface area contributed by atoms with Gasteiger partial charge in [0.1, 0.15) is 0 Å². The first-order chi connectivity index (χ1) is 7.86. The molecule has 1 rings (SSSR count). The molecular formula is C11H18N2O2S2. The van der Waals surface area contributed by atoms with Crippen LogP contribution in [0.4, 0.5) is 5.69 Å². The third-order valence-corrected chi connectivity index (χ3v) is 4.75. The fourth-order valence-corrected chi connectivity index (χ4v) is 3.37. The number of thioether (sulfide) groups is 1. The Labute approximate surface area is 107 Å². The summed E-state index contributed by atoms with van der Waals surface area (Å²) in [6.07, 6.45) is 1.94. The molecule has 1 unspecified atom stereocenters. The zero-order chi connectivity index (χ0) is 13.1. The molecule has 3 N–H and O–H groups in total. The van der Waals surface area contributed by atoms with Crippen LogP contribution in [0.5, 0.6) is 0 Å². The Balaban J connectivity index is 2.93. The Bertz CT molecular complexity index is 486. The van der Waals surface area contributed by atoms with Crippen LogP contribution >= 0.6 is 11.8 Å². The molecule has 0 spiro atoms. The Morgan fingerprint density at radius 3 is 2.65 bits per heavy atom. The number of hydrogen-bond acceptors (Lipinski definition) is 4. The lowest BCUT2D eigenvalue weighted by molar-refractivity contribution is 0.571. The van der Waals surface area contributed by atoms with Gasteiger partial charge in [-0.25, -0.2) is 13.1 Å². The minimum absolute atomic E-state index is 0.0995. The molecule has 1 atom stereocenters. The number of rotatable bonds is 5. The van der Waals surface area contributed by atoms with Gasteiger partial charge >= 0.3 is 0 Å². The van der Waals surface area contributed by atoms with Gasteiger partial charge in [-0.05, 0) is 37.8 Å². The van der Waals surface area contributed by atoms with Crippen molar-refractivity contribution < 1.29 is 8.42 Å². The lowest BCUT2D eigenvalue weighted by Crippen LogP contribution is -2.34. The van der Waals surface area contributed by atoms with Crippen molar-refractivity contribution in [1.29, 1.82) is 0 Å². The Kier molecular flexibility index (Phi) is 4.85. The lowest BCUT2D eigenvalue weighted by atomic mass is 10.2. The molecule has 96 valence electrons. The van der Waals surface area contributed by atoms with Crippen LogP contribution in [0, 0.1) is 6.92 Å². The lowest BCUT2D eigenvalue weighted by Gasteiger charge is -2.13. The number of aryl methyl sites for hydroxylation is 1. The summed E-state index contributed by atoms with van der Waals surface area (Å²) in [6, 6.07) is 4.67. The molecule has 1 aromatic carbocycles. The average molecular weight is 274 g/mol. The van der Waals surface area contributed by atoms with E-state index < -0.39 is 10.0 Å². The molecule has 17 heavy (non-hydrogen) atoms. The molecule has 0 aliphatic heterocycles. The van der Waals surface area contributed by atoms with Crippen molar-refractivity contribution in [1.82, 2.24) is 4.72 Å². The normalized spacial score (nSPS) is 13.6. The van der Waals surface area contributed by atoms with Crippen molar-refractivity contribution in [3.05, 3.63) is 23.8 Å². The highest BCUT2D eigenvalue weighted by atomic mass is 32.2. The molecular weight excluding hydrogens is 256 g/mol. The molecule has 0 bridgehead atoms. The van der Waals surface area contributed by atoms with Gasteiger partial charge in [-0.15, -0.1) is 0 Å². The van der Waals surface area contributed by atoms with Crippen molar-refractivity contribution in [2.75, 3.05) is 17.7 Å². The van der Waals surface area contributed by atoms with Gasteiger partial charge in [0, 0.05) is 17.5 Å². The van der Waals surface area contributed by atoms with Crippen LogP contribution in [0.25, 0.3) is 0 Å². The molecule has 4 nitrogen and oxygen atoms in total. The van der Waals surface area contributed by atoms with Crippen molar-refractivity contribution in [2.45, 2.75) is 24.8 Å². The van der Waals surface area contributed by atoms with Crippen molar-refractivity contribution in [3.63, 3.8) is 0 Å². The van der Waals surface area contributed by atoms with E-state index in [1.807, 2.05) is 20.1 Å². The van der Waals surface area contributed by atoms with E-state index in [1.165, 1.54) is 6.07 Å². The molecule has 0 aliphatic carbocycles. The SMILES string of the molecule is CSCC(C)NS(=O)(=O)c1ccc(C)c(N)c1. The molecule has 0 heterocycles. The zero-order valence-corrected chi connectivity index (χ0v) is 11.9. The van der Waals surface area contributed by atoms with E-state index in [2.05, 4.69) is 4.72 Å². The first kappa shape index (κ1) is 14.3. The molecule has 0 aliphatic rings. The van der Waals surface area contributed by atoms with Gasteiger partial charge in [-0.1, -0.05) is 6.07 Å². The summed E-state index contributed by atoms with van der Waals surface area (Å²) in [6.45, 7) is 3.68. The zero-order valence-electron chi connectivity index (χ0n) is 10.2. The predicted octanol–water partition coefficient (Wildman–Crippen LogP) is 1.61. The maximum Gasteiger partial charge on any atom is 0.240 e. The minimum atomic E-state index is -3.46. The summed E-state index contributed by atoms with van der Waals surface area (Å²) >= 11 is 1.60. The van der Waals surface area contributed by atoms with Gasteiger partial charge in [0.05, 0.1) is 4.90 Å². The van der Waals surface area contributed by atoms with Crippen molar-refractivity contribution in [3.8, 4) is 0 Å². The standard InChI is InChI=1S/C11H18N2O2S2/c1-8-4-5-10(6-11(8)12)17(14,15)13-9(2)7-16-3/h4-6,9,13H,7,12H2,1-3H3. The van der Waals surface area contributed by atoms with Gasteiger partial charge in [0.25, 0.3) is 0 Å². The van der Waals surface area contributed by atoms with E-state index in [0.717, 1.165) is 11.3 Å². The Morgan fingerprint density at radius 1 is 1.47 bits per heavy atom. The van der Waals surface area contributed by atoms with Crippen molar-refractivity contribution in [2.24, 2.45) is 0 Å². The van der Waals surface area contributed by atoms with E-state index in [9.17, 15) is 8.42 Å². The van der Waals surface area contributed by atoms with Gasteiger partial charge in [-0.3, -0.25) is 0 Å². The van der Waals surface area contributed by atoms with E-state index in [1.54, 1.807) is 23.9 Å². The molecule has 0 radical (unpaired) electrons. The first-order valence-corrected chi connectivity index (χ1v) is 8.12. The van der Waals surface area contributed by atoms with Crippen LogP contribution in [0.15, 0.2) is 23.1 Å². The van der Waals surface area contributed by atoms with Crippen LogP contribution < -0.4 is 10.5 Å². The summed E-state index contributed by atoms with van der Waals surface area (Å²) in [5.74, 6) is 0.737. The van der Waals surface area contributed by atoms with E-state index in [0.29, 0.717) is 5.69 Å². The highest BCUT2D eigenvalue weighted by molar-refractivity contribution is 7.98. The number of hydrogen-bond donors (Lipinski definition) is 2. The summed E-state index contributed by atoms with van der Waals surface area (Å²) in [4.78, 5) is 0.216. The molecule has 6 heteroatoms. The number of nitrogens with two attached hydrogens (primary N) is 1. The van der Waals surface area contributed by atoms with Crippen LogP contribution in [0.2, 0.25) is 0 Å². The van der Waals surface area contributed by atoms with Crippen LogP contribution in [-0.4, -0.2) is 26.5 Å². The smallest absolute Gasteiger partial charge is 0.240 e. The monoisotopic (exact) mass is 274 g/mol. The largest absolute Gasteiger partial charge is 0.398 e. The predicted molar refractivity (Wildman–Crippen MR) is 73.8 cm³/mol. The molecule has 0 saturated carbocycles. The fourth-order valence-electron chi connectivity index (χ4n) is 1.40. The average Bonchev–Trinajstić information content (AvgIpc) is 2.21. The second kappa shape index (κ2) is 5.75. The van der Waals surface area contributed by atoms with E-state index in [4.69, 9.17) is 5.73 Å². The molecule has 0 aromatic heterocycles. The van der Waals surface area contributed by atoms with Crippen LogP contribution in [0.3, 0.4) is 0 Å². The van der Waals surface area contributed by atoms with Crippen LogP contribution in [-0.2, 0) is 10.0 Å². The third kappa shape index (κ3) is 3.90. The molecule has 0 saturated heterocycles. The summed E-state index contributed by atoms with van der Waals surface area (Å²) < 4.78 is 26.6. The van der Waals surface area contributed by atoms with E-state index in [-0.39, 0.29) is 10.9 Å². The number of anilines is 1. The minimum Gasteiger partial charge on any atom is -0.398 e. The third-order valence-electron chi connectivity index (χ3n) is 2.33. The quantitative estimate of drug-likeness (QED) is 0.800. The highest BCUT2D eigenvalue weighted by Gasteiger charge is 2.17. The topological polar surface area (TPSA) is 72.2 Å². The number of nitrogens with one attached hydrogen (secondary N) is 1. The van der Waals surface area contributed by atoms with E-state index >= 15 is 0 Å². The maximum atomic E-state index is 12.0. The summed E-state index contributed by atoms with van der Waals surface area (Å²) in [5.41, 5.74) is 7.08. The Morgan fingerprint density at radius 2 is 2.12 bits per heavy atom. The fraction of sp³-hybridized carbons (Fsp3) is 0.455. The molecule has 0 amide bonds. The van der Waals surface area contributed by atoms with Gasteiger partial charge < -0.3 is 5.73 Å². The van der Waals surface area contributed by atoms with Crippen molar-refractivity contribution >= 4 is 27.5 Å². The van der Waals surface area contributed by atoms with Gasteiger partial charge in [-0.2, -0.15) is 11.8 Å². The van der Waals surface area contributed by atoms with Gasteiger partial charge in [0.2, 0.25) is 10.0 Å². The van der Waals surface area contributed by atoms with Gasteiger partial charge in [0.15, 0.2) is 0 Å². The highest BCUT2D eigenvalue weighted by Crippen LogP contribution is 2.17. The molecule has 0 fully saturated rings. The summed E-state index contributed by atoms with van der Waals surface area (Å²) in [5, 5.41) is 0. The second-order valence-corrected chi connectivity index (χ2v) is 6.62. The Hall–Kier alpha value is -0.720. The maximum absolute atomic E-state index is 12.0. The molecule has 1 aromatic rings. The first-order valence-electron chi connectivity index (χ1n) is 5.24.